The number of carboxylic acids is 1. The monoisotopic (exact) mass is 222 g/mol. The first kappa shape index (κ1) is 15.2. The van der Waals surface area contributed by atoms with Crippen LogP contribution >= 0.6 is 12.6 Å². The first-order valence-electron chi connectivity index (χ1n) is 3.68. The lowest BCUT2D eigenvalue weighted by atomic mass is 10.3. The third-order valence-electron chi connectivity index (χ3n) is 0.858. The van der Waals surface area contributed by atoms with Gasteiger partial charge in [0.15, 0.2) is 0 Å². The summed E-state index contributed by atoms with van der Waals surface area (Å²) >= 11 is 3.73. The van der Waals surface area contributed by atoms with Crippen LogP contribution < -0.4 is 11.1 Å². The first-order chi connectivity index (χ1) is 6.31. The summed E-state index contributed by atoms with van der Waals surface area (Å²) in [5.41, 5.74) is 4.47. The van der Waals surface area contributed by atoms with Crippen molar-refractivity contribution in [2.75, 3.05) is 5.75 Å². The molecule has 1 atom stereocenters. The molecule has 0 bridgehead atoms. The Hall–Kier alpha value is -1.24. The lowest BCUT2D eigenvalue weighted by Gasteiger charge is -2.08. The number of thiol groups is 1. The molecule has 0 aliphatic heterocycles. The van der Waals surface area contributed by atoms with Crippen LogP contribution in [0.5, 0.6) is 0 Å². The van der Waals surface area contributed by atoms with Crippen LogP contribution in [0.4, 0.5) is 0 Å². The van der Waals surface area contributed by atoms with Gasteiger partial charge in [0.1, 0.15) is 6.04 Å². The minimum atomic E-state index is -1.06. The van der Waals surface area contributed by atoms with E-state index < -0.39 is 12.0 Å². The maximum atomic E-state index is 10.3. The number of nitrogens with one attached hydrogen (secondary N) is 1. The molecule has 0 rings (SSSR count). The molecular weight excluding hydrogens is 208 g/mol. The third kappa shape index (κ3) is 13.4. The van der Waals surface area contributed by atoms with Crippen molar-refractivity contribution in [3.63, 3.8) is 0 Å². The molecule has 2 amide bonds. The van der Waals surface area contributed by atoms with Crippen LogP contribution in [0.3, 0.4) is 0 Å². The van der Waals surface area contributed by atoms with Crippen LogP contribution in [0.15, 0.2) is 0 Å². The Morgan fingerprint density at radius 3 is 1.86 bits per heavy atom. The predicted octanol–water partition coefficient (Wildman–Crippen LogP) is -1.00. The summed E-state index contributed by atoms with van der Waals surface area (Å²) in [7, 11) is 0. The van der Waals surface area contributed by atoms with Gasteiger partial charge in [0.2, 0.25) is 11.8 Å². The Labute approximate surface area is 87.3 Å². The maximum absolute atomic E-state index is 10.3. The molecule has 0 radical (unpaired) electrons. The van der Waals surface area contributed by atoms with Crippen molar-refractivity contribution in [1.29, 1.82) is 0 Å². The maximum Gasteiger partial charge on any atom is 0.327 e. The van der Waals surface area contributed by atoms with Gasteiger partial charge in [-0.2, -0.15) is 12.6 Å². The quantitative estimate of drug-likeness (QED) is 0.459. The fraction of sp³-hybridized carbons (Fsp3) is 0.571. The van der Waals surface area contributed by atoms with Crippen molar-refractivity contribution < 1.29 is 19.5 Å². The van der Waals surface area contributed by atoms with Crippen LogP contribution in [0, 0.1) is 0 Å². The molecule has 0 aliphatic rings. The summed E-state index contributed by atoms with van der Waals surface area (Å²) in [4.78, 5) is 29.7. The fourth-order valence-electron chi connectivity index (χ4n) is 0.431. The van der Waals surface area contributed by atoms with Gasteiger partial charge in [-0.25, -0.2) is 4.79 Å². The molecule has 0 aromatic carbocycles. The van der Waals surface area contributed by atoms with Gasteiger partial charge in [-0.15, -0.1) is 0 Å². The highest BCUT2D eigenvalue weighted by molar-refractivity contribution is 7.80. The van der Waals surface area contributed by atoms with Gasteiger partial charge in [-0.1, -0.05) is 0 Å². The van der Waals surface area contributed by atoms with Gasteiger partial charge in [-0.3, -0.25) is 9.59 Å². The molecule has 14 heavy (non-hydrogen) atoms. The van der Waals surface area contributed by atoms with Crippen LogP contribution in [0.25, 0.3) is 0 Å². The fourth-order valence-corrected chi connectivity index (χ4v) is 0.678. The molecule has 0 spiro atoms. The largest absolute Gasteiger partial charge is 0.480 e. The van der Waals surface area contributed by atoms with Crippen molar-refractivity contribution >= 4 is 30.4 Å². The Morgan fingerprint density at radius 1 is 1.43 bits per heavy atom. The van der Waals surface area contributed by atoms with Crippen molar-refractivity contribution in [3.05, 3.63) is 0 Å². The molecule has 0 heterocycles. The Kier molecular flexibility index (Phi) is 9.10. The summed E-state index contributed by atoms with van der Waals surface area (Å²) < 4.78 is 0. The van der Waals surface area contributed by atoms with Gasteiger partial charge >= 0.3 is 5.97 Å². The molecule has 1 unspecified atom stereocenters. The number of nitrogens with two attached hydrogens (primary N) is 1. The van der Waals surface area contributed by atoms with E-state index in [1.54, 1.807) is 0 Å². The normalized spacial score (nSPS) is 10.5. The van der Waals surface area contributed by atoms with Gasteiger partial charge in [0.25, 0.3) is 0 Å². The number of hydrogen-bond donors (Lipinski definition) is 4. The summed E-state index contributed by atoms with van der Waals surface area (Å²) in [5.74, 6) is -1.65. The molecular formula is C7H14N2O4S. The minimum absolute atomic E-state index is 0.106. The molecule has 6 nitrogen and oxygen atoms in total. The highest BCUT2D eigenvalue weighted by atomic mass is 32.1. The third-order valence-corrected chi connectivity index (χ3v) is 1.22. The number of hydrogen-bond acceptors (Lipinski definition) is 4. The number of primary amides is 1. The topological polar surface area (TPSA) is 109 Å². The zero-order chi connectivity index (χ0) is 11.7. The van der Waals surface area contributed by atoms with E-state index in [9.17, 15) is 14.4 Å². The van der Waals surface area contributed by atoms with Gasteiger partial charge in [0.05, 0.1) is 0 Å². The minimum Gasteiger partial charge on any atom is -0.480 e. The molecule has 0 saturated carbocycles. The highest BCUT2D eigenvalue weighted by Gasteiger charge is 2.15. The van der Waals surface area contributed by atoms with E-state index in [-0.39, 0.29) is 17.6 Å². The van der Waals surface area contributed by atoms with Crippen molar-refractivity contribution in [3.8, 4) is 0 Å². The van der Waals surface area contributed by atoms with E-state index in [0.717, 1.165) is 0 Å². The molecule has 4 N–H and O–H groups in total. The van der Waals surface area contributed by atoms with Crippen molar-refractivity contribution in [2.24, 2.45) is 5.73 Å². The summed E-state index contributed by atoms with van der Waals surface area (Å²) in [6.07, 6.45) is 0. The van der Waals surface area contributed by atoms with E-state index in [1.165, 1.54) is 13.8 Å². The molecule has 0 aromatic heterocycles. The van der Waals surface area contributed by atoms with E-state index in [2.05, 4.69) is 23.7 Å². The zero-order valence-corrected chi connectivity index (χ0v) is 8.88. The Morgan fingerprint density at radius 2 is 1.79 bits per heavy atom. The number of carbonyl (C=O) groups excluding carboxylic acids is 2. The van der Waals surface area contributed by atoms with Crippen molar-refractivity contribution in [2.45, 2.75) is 19.9 Å². The van der Waals surface area contributed by atoms with Crippen molar-refractivity contribution in [1.82, 2.24) is 5.32 Å². The van der Waals surface area contributed by atoms with Crippen LogP contribution in [0.2, 0.25) is 0 Å². The van der Waals surface area contributed by atoms with Gasteiger partial charge in [0, 0.05) is 19.6 Å². The van der Waals surface area contributed by atoms with Crippen LogP contribution in [0.1, 0.15) is 13.8 Å². The average Bonchev–Trinajstić information content (AvgIpc) is 1.98. The van der Waals surface area contributed by atoms with Crippen LogP contribution in [-0.2, 0) is 14.4 Å². The molecule has 0 aromatic rings. The van der Waals surface area contributed by atoms with E-state index in [4.69, 9.17) is 5.11 Å². The predicted molar refractivity (Wildman–Crippen MR) is 54.0 cm³/mol. The van der Waals surface area contributed by atoms with Crippen LogP contribution in [-0.4, -0.2) is 34.7 Å². The van der Waals surface area contributed by atoms with E-state index >= 15 is 0 Å². The first-order valence-corrected chi connectivity index (χ1v) is 4.31. The Bertz CT molecular complexity index is 216. The number of aliphatic carboxylic acids is 1. The lowest BCUT2D eigenvalue weighted by molar-refractivity contribution is -0.140. The SMILES string of the molecule is CC(=O)NC(CS)C(=O)O.CC(N)=O. The smallest absolute Gasteiger partial charge is 0.327 e. The summed E-state index contributed by atoms with van der Waals surface area (Å²) in [5, 5.41) is 10.6. The molecule has 0 saturated heterocycles. The molecule has 0 aliphatic carbocycles. The Balaban J connectivity index is 0. The second-order valence-electron chi connectivity index (χ2n) is 2.38. The lowest BCUT2D eigenvalue weighted by Crippen LogP contribution is -2.40. The van der Waals surface area contributed by atoms with E-state index in [1.807, 2.05) is 0 Å². The average molecular weight is 222 g/mol. The second-order valence-corrected chi connectivity index (χ2v) is 2.75. The number of carbonyl (C=O) groups is 3. The number of rotatable bonds is 3. The second kappa shape index (κ2) is 8.36. The standard InChI is InChI=1S/C5H9NO3S.C2H5NO/c1-3(7)6-4(2-10)5(8)9;1-2(3)4/h4,10H,2H2,1H3,(H,6,7)(H,8,9);1H3,(H2,3,4). The summed E-state index contributed by atoms with van der Waals surface area (Å²) in [6.45, 7) is 2.57. The number of carboxylic acid groups (broad SMARTS) is 1. The summed E-state index contributed by atoms with van der Waals surface area (Å²) in [6, 6.07) is -0.874. The van der Waals surface area contributed by atoms with Gasteiger partial charge in [-0.05, 0) is 0 Å². The highest BCUT2D eigenvalue weighted by Crippen LogP contribution is 1.86. The molecule has 0 fully saturated rings. The van der Waals surface area contributed by atoms with Gasteiger partial charge < -0.3 is 16.2 Å². The molecule has 7 heteroatoms. The zero-order valence-electron chi connectivity index (χ0n) is 7.98. The molecule has 82 valence electrons. The number of amides is 2. The van der Waals surface area contributed by atoms with E-state index in [0.29, 0.717) is 0 Å².